The van der Waals surface area contributed by atoms with Gasteiger partial charge in [-0.15, -0.1) is 0 Å². The summed E-state index contributed by atoms with van der Waals surface area (Å²) in [5.41, 5.74) is 2.17. The zero-order valence-electron chi connectivity index (χ0n) is 16.4. The molecule has 2 aliphatic rings. The summed E-state index contributed by atoms with van der Waals surface area (Å²) < 4.78 is 0. The Balaban J connectivity index is 1.67. The van der Waals surface area contributed by atoms with Gasteiger partial charge in [0.1, 0.15) is 5.69 Å². The van der Waals surface area contributed by atoms with Gasteiger partial charge < -0.3 is 5.32 Å². The number of carbonyl (C=O) groups excluding carboxylic acids is 2. The number of hydrogen-bond acceptors (Lipinski definition) is 5. The third-order valence-electron chi connectivity index (χ3n) is 5.92. The number of fused-ring (bicyclic) bond motifs is 1. The molecule has 2 fully saturated rings. The van der Waals surface area contributed by atoms with Crippen LogP contribution in [0.3, 0.4) is 0 Å². The molecule has 1 saturated carbocycles. The highest BCUT2D eigenvalue weighted by Crippen LogP contribution is 2.43. The fourth-order valence-corrected chi connectivity index (χ4v) is 4.44. The number of nitro groups is 1. The van der Waals surface area contributed by atoms with Crippen LogP contribution >= 0.6 is 0 Å². The predicted molar refractivity (Wildman–Crippen MR) is 110 cm³/mol. The predicted octanol–water partition coefficient (Wildman–Crippen LogP) is 4.57. The van der Waals surface area contributed by atoms with Crippen LogP contribution < -0.4 is 10.2 Å². The van der Waals surface area contributed by atoms with Crippen LogP contribution in [-0.2, 0) is 9.59 Å². The molecular weight excluding hydrogens is 370 g/mol. The second-order valence-electron chi connectivity index (χ2n) is 8.10. The number of anilines is 3. The summed E-state index contributed by atoms with van der Waals surface area (Å²) >= 11 is 0. The van der Waals surface area contributed by atoms with E-state index < -0.39 is 4.92 Å². The summed E-state index contributed by atoms with van der Waals surface area (Å²) in [5.74, 6) is -0.678. The number of nitro benzene ring substituents is 1. The van der Waals surface area contributed by atoms with Gasteiger partial charge in [0.2, 0.25) is 11.8 Å². The number of nitrogens with one attached hydrogen (secondary N) is 1. The van der Waals surface area contributed by atoms with Gasteiger partial charge in [0.05, 0.1) is 22.4 Å². The molecule has 0 aromatic heterocycles. The maximum absolute atomic E-state index is 12.9. The molecule has 3 unspecified atom stereocenters. The minimum absolute atomic E-state index is 0.173. The van der Waals surface area contributed by atoms with E-state index in [2.05, 4.69) is 12.2 Å². The molecular formula is C22H23N3O4. The zero-order chi connectivity index (χ0) is 20.7. The summed E-state index contributed by atoms with van der Waals surface area (Å²) in [7, 11) is 0. The van der Waals surface area contributed by atoms with E-state index in [0.29, 0.717) is 24.4 Å². The molecule has 3 atom stereocenters. The van der Waals surface area contributed by atoms with Crippen molar-refractivity contribution in [2.45, 2.75) is 33.1 Å². The molecule has 0 radical (unpaired) electrons. The lowest BCUT2D eigenvalue weighted by molar-refractivity contribution is -0.383. The second-order valence-corrected chi connectivity index (χ2v) is 8.10. The molecule has 1 aliphatic carbocycles. The SMILES string of the molecule is Cc1cccc(Nc2ccc(N3C(=O)C4CCC(C)CC4C3=O)cc2[N+](=O)[O-])c1. The van der Waals surface area contributed by atoms with Crippen LogP contribution in [0.5, 0.6) is 0 Å². The lowest BCUT2D eigenvalue weighted by Gasteiger charge is -2.25. The van der Waals surface area contributed by atoms with Crippen molar-refractivity contribution >= 4 is 34.6 Å². The maximum Gasteiger partial charge on any atom is 0.294 e. The Kier molecular flexibility index (Phi) is 4.82. The molecule has 150 valence electrons. The molecule has 7 heteroatoms. The lowest BCUT2D eigenvalue weighted by Crippen LogP contribution is -2.30. The fourth-order valence-electron chi connectivity index (χ4n) is 4.44. The van der Waals surface area contributed by atoms with Gasteiger partial charge in [0, 0.05) is 11.8 Å². The third-order valence-corrected chi connectivity index (χ3v) is 5.92. The van der Waals surface area contributed by atoms with Crippen molar-refractivity contribution in [1.82, 2.24) is 0 Å². The third kappa shape index (κ3) is 3.48. The van der Waals surface area contributed by atoms with Crippen LogP contribution in [0.15, 0.2) is 42.5 Å². The van der Waals surface area contributed by atoms with Crippen molar-refractivity contribution in [1.29, 1.82) is 0 Å². The fraction of sp³-hybridized carbons (Fsp3) is 0.364. The number of hydrogen-bond donors (Lipinski definition) is 1. The van der Waals surface area contributed by atoms with E-state index in [9.17, 15) is 19.7 Å². The number of imide groups is 1. The minimum Gasteiger partial charge on any atom is -0.350 e. The van der Waals surface area contributed by atoms with Gasteiger partial charge in [0.25, 0.3) is 5.69 Å². The standard InChI is InChI=1S/C22H23N3O4/c1-13-4-3-5-15(10-13)23-19-9-7-16(12-20(19)25(28)29)24-21(26)17-8-6-14(2)11-18(17)22(24)27/h3-5,7,9-10,12,14,17-18,23H,6,8,11H2,1-2H3. The van der Waals surface area contributed by atoms with Crippen molar-refractivity contribution in [2.24, 2.45) is 17.8 Å². The van der Waals surface area contributed by atoms with Crippen molar-refractivity contribution in [3.63, 3.8) is 0 Å². The Morgan fingerprint density at radius 3 is 2.55 bits per heavy atom. The molecule has 1 saturated heterocycles. The first-order valence-corrected chi connectivity index (χ1v) is 9.85. The van der Waals surface area contributed by atoms with Gasteiger partial charge in [0.15, 0.2) is 0 Å². The molecule has 0 bridgehead atoms. The lowest BCUT2D eigenvalue weighted by atomic mass is 9.76. The monoisotopic (exact) mass is 393 g/mol. The summed E-state index contributed by atoms with van der Waals surface area (Å²) in [6.45, 7) is 4.03. The molecule has 1 N–H and O–H groups in total. The molecule has 2 aromatic carbocycles. The zero-order valence-corrected chi connectivity index (χ0v) is 16.4. The van der Waals surface area contributed by atoms with Crippen LogP contribution in [0.25, 0.3) is 0 Å². The largest absolute Gasteiger partial charge is 0.350 e. The Morgan fingerprint density at radius 1 is 1.07 bits per heavy atom. The average molecular weight is 393 g/mol. The van der Waals surface area contributed by atoms with E-state index in [4.69, 9.17) is 0 Å². The second kappa shape index (κ2) is 7.31. The summed E-state index contributed by atoms with van der Waals surface area (Å²) in [6.07, 6.45) is 2.32. The number of rotatable bonds is 4. The van der Waals surface area contributed by atoms with Gasteiger partial charge in [-0.05, 0) is 61.9 Å². The Morgan fingerprint density at radius 2 is 1.83 bits per heavy atom. The molecule has 1 heterocycles. The van der Waals surface area contributed by atoms with Gasteiger partial charge in [-0.25, -0.2) is 4.90 Å². The van der Waals surface area contributed by atoms with Crippen molar-refractivity contribution in [2.75, 3.05) is 10.2 Å². The Labute approximate surface area is 168 Å². The van der Waals surface area contributed by atoms with Crippen molar-refractivity contribution in [3.05, 3.63) is 58.1 Å². The molecule has 0 spiro atoms. The van der Waals surface area contributed by atoms with E-state index in [1.54, 1.807) is 12.1 Å². The highest BCUT2D eigenvalue weighted by molar-refractivity contribution is 6.22. The van der Waals surface area contributed by atoms with E-state index in [1.807, 2.05) is 31.2 Å². The smallest absolute Gasteiger partial charge is 0.294 e. The normalized spacial score (nSPS) is 23.8. The molecule has 7 nitrogen and oxygen atoms in total. The molecule has 2 aromatic rings. The van der Waals surface area contributed by atoms with Gasteiger partial charge in [-0.2, -0.15) is 0 Å². The molecule has 29 heavy (non-hydrogen) atoms. The minimum atomic E-state index is -0.498. The van der Waals surface area contributed by atoms with E-state index >= 15 is 0 Å². The number of aryl methyl sites for hydroxylation is 1. The van der Waals surface area contributed by atoms with Crippen LogP contribution in [0.2, 0.25) is 0 Å². The molecule has 1 aliphatic heterocycles. The maximum atomic E-state index is 12.9. The quantitative estimate of drug-likeness (QED) is 0.466. The summed E-state index contributed by atoms with van der Waals surface area (Å²) in [5, 5.41) is 14.7. The Hall–Kier alpha value is -3.22. The first kappa shape index (κ1) is 19.1. The van der Waals surface area contributed by atoms with E-state index in [1.165, 1.54) is 6.07 Å². The van der Waals surface area contributed by atoms with Crippen LogP contribution in [0.4, 0.5) is 22.7 Å². The van der Waals surface area contributed by atoms with E-state index in [0.717, 1.165) is 22.6 Å². The van der Waals surface area contributed by atoms with Gasteiger partial charge in [-0.3, -0.25) is 19.7 Å². The van der Waals surface area contributed by atoms with Gasteiger partial charge in [-0.1, -0.05) is 19.1 Å². The van der Waals surface area contributed by atoms with Crippen LogP contribution in [0.1, 0.15) is 31.7 Å². The highest BCUT2D eigenvalue weighted by Gasteiger charge is 2.50. The number of nitrogens with zero attached hydrogens (tertiary/aromatic N) is 2. The topological polar surface area (TPSA) is 92.6 Å². The van der Waals surface area contributed by atoms with Gasteiger partial charge >= 0.3 is 0 Å². The van der Waals surface area contributed by atoms with Crippen molar-refractivity contribution in [3.8, 4) is 0 Å². The first-order chi connectivity index (χ1) is 13.8. The van der Waals surface area contributed by atoms with Crippen molar-refractivity contribution < 1.29 is 14.5 Å². The number of amides is 2. The number of benzene rings is 2. The van der Waals surface area contributed by atoms with E-state index in [-0.39, 0.29) is 35.0 Å². The number of carbonyl (C=O) groups is 2. The first-order valence-electron chi connectivity index (χ1n) is 9.85. The summed E-state index contributed by atoms with van der Waals surface area (Å²) in [6, 6.07) is 12.0. The molecule has 2 amide bonds. The van der Waals surface area contributed by atoms with Crippen LogP contribution in [-0.4, -0.2) is 16.7 Å². The highest BCUT2D eigenvalue weighted by atomic mass is 16.6. The average Bonchev–Trinajstić information content (AvgIpc) is 2.92. The Bertz CT molecular complexity index is 1000. The molecule has 4 rings (SSSR count). The summed E-state index contributed by atoms with van der Waals surface area (Å²) in [4.78, 5) is 38.1. The van der Waals surface area contributed by atoms with Crippen LogP contribution in [0, 0.1) is 34.8 Å².